The lowest BCUT2D eigenvalue weighted by Gasteiger charge is -2.24. The minimum atomic E-state index is -1.05. The molecule has 0 aliphatic carbocycles. The number of amides is 1. The van der Waals surface area contributed by atoms with E-state index in [2.05, 4.69) is 16.4 Å². The number of aryl methyl sites for hydroxylation is 1. The maximum atomic E-state index is 12.4. The summed E-state index contributed by atoms with van der Waals surface area (Å²) in [6, 6.07) is 8.00. The van der Waals surface area contributed by atoms with Gasteiger partial charge in [0.15, 0.2) is 5.69 Å². The number of carboxylic acids is 1. The van der Waals surface area contributed by atoms with Gasteiger partial charge in [0.2, 0.25) is 5.91 Å². The van der Waals surface area contributed by atoms with Crippen molar-refractivity contribution in [2.24, 2.45) is 0 Å². The lowest BCUT2D eigenvalue weighted by Crippen LogP contribution is -2.29. The highest BCUT2D eigenvalue weighted by Crippen LogP contribution is 2.36. The maximum absolute atomic E-state index is 12.4. The number of hydrogen-bond donors (Lipinski definition) is 2. The standard InChI is InChI=1S/C15H14N2O3S2/c18-14(16-7-12-17-11(8-22-12)15(19)20)13-10-4-2-1-3-9(10)5-6-21-13/h1-4,8,13H,5-7H2,(H,16,18)(H,19,20)/t13-/m1/s1. The molecular weight excluding hydrogens is 320 g/mol. The molecule has 0 saturated heterocycles. The largest absolute Gasteiger partial charge is 0.476 e. The third-order valence-electron chi connectivity index (χ3n) is 3.42. The van der Waals surface area contributed by atoms with Crippen LogP contribution in [0.4, 0.5) is 0 Å². The van der Waals surface area contributed by atoms with Crippen molar-refractivity contribution in [3.63, 3.8) is 0 Å². The van der Waals surface area contributed by atoms with Gasteiger partial charge < -0.3 is 10.4 Å². The second-order valence-corrected chi connectivity index (χ2v) is 7.00. The van der Waals surface area contributed by atoms with Gasteiger partial charge in [0.1, 0.15) is 10.3 Å². The molecule has 3 rings (SSSR count). The average molecular weight is 334 g/mol. The number of carbonyl (C=O) groups is 2. The minimum Gasteiger partial charge on any atom is -0.476 e. The van der Waals surface area contributed by atoms with Crippen molar-refractivity contribution in [1.29, 1.82) is 0 Å². The van der Waals surface area contributed by atoms with Crippen LogP contribution >= 0.6 is 23.1 Å². The van der Waals surface area contributed by atoms with Crippen molar-refractivity contribution in [2.75, 3.05) is 5.75 Å². The molecule has 0 saturated carbocycles. The molecule has 0 spiro atoms. The molecule has 2 heterocycles. The number of carbonyl (C=O) groups excluding carboxylic acids is 1. The van der Waals surface area contributed by atoms with Crippen LogP contribution in [0.15, 0.2) is 29.6 Å². The van der Waals surface area contributed by atoms with Crippen molar-refractivity contribution < 1.29 is 14.7 Å². The van der Waals surface area contributed by atoms with Gasteiger partial charge in [-0.1, -0.05) is 24.3 Å². The molecule has 0 fully saturated rings. The summed E-state index contributed by atoms with van der Waals surface area (Å²) in [5.74, 6) is -0.176. The number of aromatic nitrogens is 1. The lowest BCUT2D eigenvalue weighted by molar-refractivity contribution is -0.120. The average Bonchev–Trinajstić information content (AvgIpc) is 3.01. The number of nitrogens with one attached hydrogen (secondary N) is 1. The van der Waals surface area contributed by atoms with Crippen LogP contribution in [0.1, 0.15) is 31.9 Å². The molecule has 1 aromatic heterocycles. The molecule has 1 atom stereocenters. The van der Waals surface area contributed by atoms with E-state index in [4.69, 9.17) is 5.11 Å². The highest BCUT2D eigenvalue weighted by Gasteiger charge is 2.26. The van der Waals surface area contributed by atoms with Gasteiger partial charge in [-0.15, -0.1) is 23.1 Å². The quantitative estimate of drug-likeness (QED) is 0.898. The Kier molecular flexibility index (Phi) is 4.44. The minimum absolute atomic E-state index is 0.0200. The van der Waals surface area contributed by atoms with E-state index in [-0.39, 0.29) is 23.4 Å². The molecule has 1 aliphatic heterocycles. The second-order valence-electron chi connectivity index (χ2n) is 4.85. The molecule has 114 valence electrons. The first-order valence-electron chi connectivity index (χ1n) is 6.80. The Bertz CT molecular complexity index is 714. The van der Waals surface area contributed by atoms with Gasteiger partial charge in [0.05, 0.1) is 6.54 Å². The molecule has 0 bridgehead atoms. The summed E-state index contributed by atoms with van der Waals surface area (Å²) in [5, 5.41) is 13.6. The van der Waals surface area contributed by atoms with Crippen molar-refractivity contribution in [1.82, 2.24) is 10.3 Å². The van der Waals surface area contributed by atoms with E-state index in [1.807, 2.05) is 18.2 Å². The van der Waals surface area contributed by atoms with Crippen LogP contribution < -0.4 is 5.32 Å². The van der Waals surface area contributed by atoms with E-state index in [1.54, 1.807) is 11.8 Å². The SMILES string of the molecule is O=C(O)c1csc(CNC(=O)[C@@H]2SCCc3ccccc32)n1. The molecule has 2 N–H and O–H groups in total. The van der Waals surface area contributed by atoms with Crippen LogP contribution in [-0.2, 0) is 17.8 Å². The Morgan fingerprint density at radius 1 is 1.36 bits per heavy atom. The third kappa shape index (κ3) is 3.15. The molecule has 22 heavy (non-hydrogen) atoms. The highest BCUT2D eigenvalue weighted by molar-refractivity contribution is 8.00. The predicted molar refractivity (Wildman–Crippen MR) is 86.3 cm³/mol. The Labute approximate surface area is 135 Å². The van der Waals surface area contributed by atoms with Crippen LogP contribution in [0.25, 0.3) is 0 Å². The maximum Gasteiger partial charge on any atom is 0.355 e. The third-order valence-corrected chi connectivity index (χ3v) is 5.51. The van der Waals surface area contributed by atoms with E-state index >= 15 is 0 Å². The molecule has 1 amide bonds. The molecule has 0 radical (unpaired) electrons. The molecule has 0 unspecified atom stereocenters. The number of thiazole rings is 1. The smallest absolute Gasteiger partial charge is 0.355 e. The Morgan fingerprint density at radius 3 is 2.95 bits per heavy atom. The number of rotatable bonds is 4. The fourth-order valence-electron chi connectivity index (χ4n) is 2.36. The van der Waals surface area contributed by atoms with Crippen LogP contribution in [0.5, 0.6) is 0 Å². The number of carboxylic acid groups (broad SMARTS) is 1. The van der Waals surface area contributed by atoms with Crippen molar-refractivity contribution in [3.05, 3.63) is 51.5 Å². The fraction of sp³-hybridized carbons (Fsp3) is 0.267. The Morgan fingerprint density at radius 2 is 2.18 bits per heavy atom. The highest BCUT2D eigenvalue weighted by atomic mass is 32.2. The number of fused-ring (bicyclic) bond motifs is 1. The summed E-state index contributed by atoms with van der Waals surface area (Å²) in [7, 11) is 0. The summed E-state index contributed by atoms with van der Waals surface area (Å²) in [6.07, 6.45) is 0.985. The topological polar surface area (TPSA) is 79.3 Å². The molecule has 1 aromatic carbocycles. The molecule has 2 aromatic rings. The van der Waals surface area contributed by atoms with Gasteiger partial charge in [0, 0.05) is 5.38 Å². The monoisotopic (exact) mass is 334 g/mol. The van der Waals surface area contributed by atoms with Gasteiger partial charge in [0.25, 0.3) is 0 Å². The van der Waals surface area contributed by atoms with E-state index in [9.17, 15) is 9.59 Å². The predicted octanol–water partition coefficient (Wildman–Crippen LogP) is 2.49. The second kappa shape index (κ2) is 6.50. The molecule has 7 heteroatoms. The van der Waals surface area contributed by atoms with Crippen LogP contribution in [0, 0.1) is 0 Å². The van der Waals surface area contributed by atoms with Crippen LogP contribution in [0.3, 0.4) is 0 Å². The van der Waals surface area contributed by atoms with Gasteiger partial charge in [-0.3, -0.25) is 4.79 Å². The number of benzene rings is 1. The summed E-state index contributed by atoms with van der Waals surface area (Å²) in [6.45, 7) is 0.260. The zero-order valence-corrected chi connectivity index (χ0v) is 13.2. The zero-order chi connectivity index (χ0) is 15.5. The summed E-state index contributed by atoms with van der Waals surface area (Å²) in [4.78, 5) is 27.2. The lowest BCUT2D eigenvalue weighted by atomic mass is 10.0. The summed E-state index contributed by atoms with van der Waals surface area (Å²) in [5.41, 5.74) is 2.32. The first kappa shape index (κ1) is 15.1. The molecular formula is C15H14N2O3S2. The molecule has 1 aliphatic rings. The number of nitrogens with zero attached hydrogens (tertiary/aromatic N) is 1. The normalized spacial score (nSPS) is 16.8. The van der Waals surface area contributed by atoms with Gasteiger partial charge in [-0.05, 0) is 23.3 Å². The van der Waals surface area contributed by atoms with Crippen molar-refractivity contribution in [3.8, 4) is 0 Å². The van der Waals surface area contributed by atoms with E-state index < -0.39 is 5.97 Å². The summed E-state index contributed by atoms with van der Waals surface area (Å²) >= 11 is 2.87. The van der Waals surface area contributed by atoms with Crippen LogP contribution in [-0.4, -0.2) is 27.7 Å². The number of hydrogen-bond acceptors (Lipinski definition) is 5. The fourth-order valence-corrected chi connectivity index (χ4v) is 4.28. The van der Waals surface area contributed by atoms with Crippen LogP contribution in [0.2, 0.25) is 0 Å². The Balaban J connectivity index is 1.66. The van der Waals surface area contributed by atoms with Crippen molar-refractivity contribution >= 4 is 35.0 Å². The molecule has 5 nitrogen and oxygen atoms in total. The first-order valence-corrected chi connectivity index (χ1v) is 8.73. The van der Waals surface area contributed by atoms with Gasteiger partial charge in [-0.2, -0.15) is 0 Å². The van der Waals surface area contributed by atoms with Gasteiger partial charge >= 0.3 is 5.97 Å². The zero-order valence-electron chi connectivity index (χ0n) is 11.6. The first-order chi connectivity index (χ1) is 10.6. The van der Waals surface area contributed by atoms with E-state index in [0.29, 0.717) is 5.01 Å². The number of thioether (sulfide) groups is 1. The Hall–Kier alpha value is -1.86. The number of aromatic carboxylic acids is 1. The van der Waals surface area contributed by atoms with Crippen molar-refractivity contribution in [2.45, 2.75) is 18.2 Å². The van der Waals surface area contributed by atoms with E-state index in [1.165, 1.54) is 22.3 Å². The van der Waals surface area contributed by atoms with E-state index in [0.717, 1.165) is 17.7 Å². The summed E-state index contributed by atoms with van der Waals surface area (Å²) < 4.78 is 0. The van der Waals surface area contributed by atoms with Gasteiger partial charge in [-0.25, -0.2) is 9.78 Å².